The molecule has 3 aromatic carbocycles. The molecule has 1 amide bonds. The molecule has 0 aliphatic heterocycles. The zero-order valence-electron chi connectivity index (χ0n) is 11.8. The molecule has 2 N–H and O–H groups in total. The van der Waals surface area contributed by atoms with Crippen LogP contribution in [0.3, 0.4) is 0 Å². The summed E-state index contributed by atoms with van der Waals surface area (Å²) in [6, 6.07) is 23.0. The van der Waals surface area contributed by atoms with Gasteiger partial charge in [-0.2, -0.15) is 0 Å². The van der Waals surface area contributed by atoms with Gasteiger partial charge in [-0.25, -0.2) is 0 Å². The predicted molar refractivity (Wildman–Crippen MR) is 86.4 cm³/mol. The SMILES string of the molecule is CC(=O)Nc1ccc(O)cc1.c1ccc2ccccc2c1. The van der Waals surface area contributed by atoms with Gasteiger partial charge in [0.25, 0.3) is 0 Å². The first-order valence-corrected chi connectivity index (χ1v) is 6.65. The van der Waals surface area contributed by atoms with Crippen LogP contribution in [0, 0.1) is 0 Å². The van der Waals surface area contributed by atoms with Crippen molar-refractivity contribution in [3.63, 3.8) is 0 Å². The van der Waals surface area contributed by atoms with Gasteiger partial charge in [0.1, 0.15) is 5.75 Å². The van der Waals surface area contributed by atoms with Gasteiger partial charge in [0.2, 0.25) is 5.91 Å². The summed E-state index contributed by atoms with van der Waals surface area (Å²) < 4.78 is 0. The summed E-state index contributed by atoms with van der Waals surface area (Å²) in [5.41, 5.74) is 0.690. The second kappa shape index (κ2) is 7.10. The van der Waals surface area contributed by atoms with E-state index in [4.69, 9.17) is 5.11 Å². The third kappa shape index (κ3) is 4.66. The molecule has 0 radical (unpaired) electrons. The Bertz CT molecular complexity index is 655. The maximum Gasteiger partial charge on any atom is 0.221 e. The van der Waals surface area contributed by atoms with E-state index in [1.165, 1.54) is 29.8 Å². The number of amides is 1. The van der Waals surface area contributed by atoms with Gasteiger partial charge in [-0.1, -0.05) is 48.5 Å². The van der Waals surface area contributed by atoms with E-state index in [9.17, 15) is 4.79 Å². The van der Waals surface area contributed by atoms with Gasteiger partial charge in [-0.05, 0) is 35.0 Å². The van der Waals surface area contributed by atoms with Crippen molar-refractivity contribution in [2.24, 2.45) is 0 Å². The Labute approximate surface area is 123 Å². The highest BCUT2D eigenvalue weighted by Crippen LogP contribution is 2.13. The molecule has 0 atom stereocenters. The fourth-order valence-corrected chi connectivity index (χ4v) is 1.88. The minimum absolute atomic E-state index is 0.115. The molecule has 0 aliphatic carbocycles. The normalized spacial score (nSPS) is 9.57. The van der Waals surface area contributed by atoms with Gasteiger partial charge in [0, 0.05) is 12.6 Å². The van der Waals surface area contributed by atoms with Crippen molar-refractivity contribution in [2.75, 3.05) is 5.32 Å². The number of phenolic OH excluding ortho intramolecular Hbond substituents is 1. The van der Waals surface area contributed by atoms with Crippen LogP contribution < -0.4 is 5.32 Å². The molecule has 0 aromatic heterocycles. The average molecular weight is 279 g/mol. The summed E-state index contributed by atoms with van der Waals surface area (Å²) in [4.78, 5) is 10.5. The van der Waals surface area contributed by atoms with E-state index >= 15 is 0 Å². The largest absolute Gasteiger partial charge is 0.508 e. The van der Waals surface area contributed by atoms with Crippen molar-refractivity contribution in [3.8, 4) is 5.75 Å². The van der Waals surface area contributed by atoms with Crippen molar-refractivity contribution in [3.05, 3.63) is 72.8 Å². The molecule has 0 saturated carbocycles. The molecule has 0 spiro atoms. The first-order chi connectivity index (χ1) is 10.1. The Morgan fingerprint density at radius 2 is 1.24 bits per heavy atom. The Balaban J connectivity index is 0.000000154. The number of carbonyl (C=O) groups is 1. The lowest BCUT2D eigenvalue weighted by Gasteiger charge is -1.99. The highest BCUT2D eigenvalue weighted by Gasteiger charge is 1.93. The highest BCUT2D eigenvalue weighted by atomic mass is 16.3. The molecule has 3 aromatic rings. The molecule has 0 aliphatic rings. The Kier molecular flexibility index (Phi) is 4.94. The number of hydrogen-bond acceptors (Lipinski definition) is 2. The summed E-state index contributed by atoms with van der Waals surface area (Å²) in [6.07, 6.45) is 0. The van der Waals surface area contributed by atoms with Crippen LogP contribution in [-0.2, 0) is 4.79 Å². The Morgan fingerprint density at radius 1 is 0.810 bits per heavy atom. The lowest BCUT2D eigenvalue weighted by Crippen LogP contribution is -2.04. The van der Waals surface area contributed by atoms with Gasteiger partial charge in [0.05, 0.1) is 0 Å². The van der Waals surface area contributed by atoms with E-state index in [1.807, 2.05) is 0 Å². The molecule has 106 valence electrons. The molecule has 3 rings (SSSR count). The van der Waals surface area contributed by atoms with Crippen LogP contribution in [0.25, 0.3) is 10.8 Å². The third-order valence-corrected chi connectivity index (χ3v) is 2.85. The minimum Gasteiger partial charge on any atom is -0.508 e. The topological polar surface area (TPSA) is 49.3 Å². The first kappa shape index (κ1) is 14.6. The van der Waals surface area contributed by atoms with Gasteiger partial charge in [-0.3, -0.25) is 4.79 Å². The monoisotopic (exact) mass is 279 g/mol. The number of anilines is 1. The third-order valence-electron chi connectivity index (χ3n) is 2.85. The van der Waals surface area contributed by atoms with Gasteiger partial charge in [0.15, 0.2) is 0 Å². The van der Waals surface area contributed by atoms with E-state index in [-0.39, 0.29) is 11.7 Å². The lowest BCUT2D eigenvalue weighted by atomic mass is 10.1. The quantitative estimate of drug-likeness (QED) is 0.656. The van der Waals surface area contributed by atoms with Crippen molar-refractivity contribution in [1.82, 2.24) is 0 Å². The maximum atomic E-state index is 10.5. The van der Waals surface area contributed by atoms with Crippen LogP contribution >= 0.6 is 0 Å². The fraction of sp³-hybridized carbons (Fsp3) is 0.0556. The molecule has 3 nitrogen and oxygen atoms in total. The van der Waals surface area contributed by atoms with Gasteiger partial charge >= 0.3 is 0 Å². The maximum absolute atomic E-state index is 10.5. The average Bonchev–Trinajstić information content (AvgIpc) is 2.50. The lowest BCUT2D eigenvalue weighted by molar-refractivity contribution is -0.114. The smallest absolute Gasteiger partial charge is 0.221 e. The Morgan fingerprint density at radius 3 is 1.62 bits per heavy atom. The van der Waals surface area contributed by atoms with E-state index in [0.29, 0.717) is 5.69 Å². The number of benzene rings is 3. The van der Waals surface area contributed by atoms with Crippen molar-refractivity contribution >= 4 is 22.4 Å². The zero-order valence-corrected chi connectivity index (χ0v) is 11.8. The van der Waals surface area contributed by atoms with Crippen LogP contribution in [0.5, 0.6) is 5.75 Å². The van der Waals surface area contributed by atoms with Gasteiger partial charge in [-0.15, -0.1) is 0 Å². The fourth-order valence-electron chi connectivity index (χ4n) is 1.88. The van der Waals surface area contributed by atoms with Crippen LogP contribution in [-0.4, -0.2) is 11.0 Å². The predicted octanol–water partition coefficient (Wildman–Crippen LogP) is 4.19. The molecular weight excluding hydrogens is 262 g/mol. The molecule has 21 heavy (non-hydrogen) atoms. The zero-order chi connectivity index (χ0) is 15.1. The van der Waals surface area contributed by atoms with Crippen LogP contribution in [0.1, 0.15) is 6.92 Å². The van der Waals surface area contributed by atoms with E-state index in [1.54, 1.807) is 12.1 Å². The number of fused-ring (bicyclic) bond motifs is 1. The highest BCUT2D eigenvalue weighted by molar-refractivity contribution is 5.88. The summed E-state index contributed by atoms with van der Waals surface area (Å²) in [7, 11) is 0. The number of phenols is 1. The first-order valence-electron chi connectivity index (χ1n) is 6.65. The van der Waals surface area contributed by atoms with E-state index in [2.05, 4.69) is 53.8 Å². The molecule has 0 bridgehead atoms. The van der Waals surface area contributed by atoms with Crippen LogP contribution in [0.4, 0.5) is 5.69 Å². The van der Waals surface area contributed by atoms with E-state index in [0.717, 1.165) is 0 Å². The summed E-state index contributed by atoms with van der Waals surface area (Å²) >= 11 is 0. The summed E-state index contributed by atoms with van der Waals surface area (Å²) in [5.74, 6) is 0.0785. The molecule has 0 unspecified atom stereocenters. The number of aromatic hydroxyl groups is 1. The van der Waals surface area contributed by atoms with Crippen LogP contribution in [0.2, 0.25) is 0 Å². The minimum atomic E-state index is -0.115. The molecular formula is C18H17NO2. The standard InChI is InChI=1S/C10H8.C8H9NO2/c1-2-6-10-8-4-3-7-9(10)5-1;1-6(10)9-7-2-4-8(11)5-3-7/h1-8H;2-5,11H,1H3,(H,9,10). The number of carbonyl (C=O) groups excluding carboxylic acids is 1. The van der Waals surface area contributed by atoms with Gasteiger partial charge < -0.3 is 10.4 Å². The molecule has 0 fully saturated rings. The number of nitrogens with one attached hydrogen (secondary N) is 1. The second-order valence-electron chi connectivity index (χ2n) is 4.58. The van der Waals surface area contributed by atoms with Crippen molar-refractivity contribution in [2.45, 2.75) is 6.92 Å². The summed E-state index contributed by atoms with van der Waals surface area (Å²) in [6.45, 7) is 1.44. The number of hydrogen-bond donors (Lipinski definition) is 2. The Hall–Kier alpha value is -2.81. The molecule has 0 saturated heterocycles. The molecule has 3 heteroatoms. The van der Waals surface area contributed by atoms with Crippen molar-refractivity contribution < 1.29 is 9.90 Å². The number of rotatable bonds is 1. The van der Waals surface area contributed by atoms with Crippen LogP contribution in [0.15, 0.2) is 72.8 Å². The van der Waals surface area contributed by atoms with E-state index < -0.39 is 0 Å². The van der Waals surface area contributed by atoms with Crippen molar-refractivity contribution in [1.29, 1.82) is 0 Å². The molecule has 0 heterocycles. The summed E-state index contributed by atoms with van der Waals surface area (Å²) in [5, 5.41) is 14.1. The second-order valence-corrected chi connectivity index (χ2v) is 4.58.